The normalized spacial score (nSPS) is 38.8. The molecule has 0 N–H and O–H groups in total. The van der Waals surface area contributed by atoms with Crippen molar-refractivity contribution in [2.24, 2.45) is 11.8 Å². The van der Waals surface area contributed by atoms with Crippen molar-refractivity contribution >= 4 is 0 Å². The molecule has 1 saturated carbocycles. The van der Waals surface area contributed by atoms with Crippen LogP contribution in [0.3, 0.4) is 0 Å². The zero-order valence-corrected chi connectivity index (χ0v) is 7.79. The van der Waals surface area contributed by atoms with Gasteiger partial charge in [-0.3, -0.25) is 0 Å². The lowest BCUT2D eigenvalue weighted by molar-refractivity contribution is -0.209. The van der Waals surface area contributed by atoms with Crippen LogP contribution >= 0.6 is 0 Å². The van der Waals surface area contributed by atoms with E-state index in [9.17, 15) is 0 Å². The first-order chi connectivity index (χ1) is 5.88. The van der Waals surface area contributed by atoms with Crippen molar-refractivity contribution < 1.29 is 9.47 Å². The minimum Gasteiger partial charge on any atom is -0.352 e. The molecule has 1 saturated heterocycles. The maximum Gasteiger partial charge on any atom is 0.160 e. The summed E-state index contributed by atoms with van der Waals surface area (Å²) in [4.78, 5) is 0. The average molecular weight is 170 g/mol. The molecule has 12 heavy (non-hydrogen) atoms. The van der Waals surface area contributed by atoms with Crippen molar-refractivity contribution in [3.05, 3.63) is 0 Å². The highest BCUT2D eigenvalue weighted by Gasteiger charge is 2.33. The highest BCUT2D eigenvalue weighted by Crippen LogP contribution is 2.36. The molecule has 0 aromatic carbocycles. The topological polar surface area (TPSA) is 18.5 Å². The van der Waals surface area contributed by atoms with E-state index < -0.39 is 0 Å². The Morgan fingerprint density at radius 1 is 1.00 bits per heavy atom. The number of rotatable bonds is 1. The van der Waals surface area contributed by atoms with E-state index in [1.54, 1.807) is 0 Å². The van der Waals surface area contributed by atoms with E-state index in [2.05, 4.69) is 6.92 Å². The Balaban J connectivity index is 1.89. The van der Waals surface area contributed by atoms with E-state index in [0.717, 1.165) is 25.6 Å². The van der Waals surface area contributed by atoms with Crippen LogP contribution in [0.1, 0.15) is 32.6 Å². The van der Waals surface area contributed by atoms with Gasteiger partial charge in [-0.15, -0.1) is 0 Å². The number of ether oxygens (including phenoxy) is 2. The lowest BCUT2D eigenvalue weighted by Gasteiger charge is -2.30. The van der Waals surface area contributed by atoms with Crippen LogP contribution in [0, 0.1) is 11.8 Å². The molecule has 0 amide bonds. The predicted molar refractivity (Wildman–Crippen MR) is 46.8 cm³/mol. The summed E-state index contributed by atoms with van der Waals surface area (Å²) in [5.41, 5.74) is 0. The van der Waals surface area contributed by atoms with Gasteiger partial charge in [0.15, 0.2) is 6.29 Å². The monoisotopic (exact) mass is 170 g/mol. The average Bonchev–Trinajstić information content (AvgIpc) is 2.53. The van der Waals surface area contributed by atoms with Crippen molar-refractivity contribution in [2.45, 2.75) is 38.9 Å². The Morgan fingerprint density at radius 3 is 2.33 bits per heavy atom. The van der Waals surface area contributed by atoms with Crippen LogP contribution in [0.4, 0.5) is 0 Å². The van der Waals surface area contributed by atoms with E-state index in [0.29, 0.717) is 5.92 Å². The summed E-state index contributed by atoms with van der Waals surface area (Å²) < 4.78 is 11.2. The molecule has 2 fully saturated rings. The van der Waals surface area contributed by atoms with Gasteiger partial charge in [-0.05, 0) is 18.8 Å². The Kier molecular flexibility index (Phi) is 2.66. The molecule has 1 heterocycles. The lowest BCUT2D eigenvalue weighted by Crippen LogP contribution is -2.33. The molecule has 70 valence electrons. The molecule has 2 atom stereocenters. The third-order valence-electron chi connectivity index (χ3n) is 3.13. The second-order valence-electron chi connectivity index (χ2n) is 4.04. The van der Waals surface area contributed by atoms with Crippen molar-refractivity contribution in [1.29, 1.82) is 0 Å². The summed E-state index contributed by atoms with van der Waals surface area (Å²) in [6, 6.07) is 0. The molecule has 0 radical (unpaired) electrons. The Hall–Kier alpha value is -0.0800. The van der Waals surface area contributed by atoms with Gasteiger partial charge < -0.3 is 9.47 Å². The van der Waals surface area contributed by atoms with Crippen LogP contribution in [0.5, 0.6) is 0 Å². The lowest BCUT2D eigenvalue weighted by atomic mass is 9.97. The van der Waals surface area contributed by atoms with Crippen LogP contribution in [0.15, 0.2) is 0 Å². The third-order valence-corrected chi connectivity index (χ3v) is 3.13. The van der Waals surface area contributed by atoms with E-state index in [1.807, 2.05) is 0 Å². The standard InChI is InChI=1S/C10H18O2/c1-8-4-2-5-9(8)10-11-6-3-7-12-10/h8-10H,2-7H2,1H3. The highest BCUT2D eigenvalue weighted by molar-refractivity contribution is 4.77. The molecule has 0 aromatic rings. The first kappa shape index (κ1) is 8.52. The van der Waals surface area contributed by atoms with Crippen LogP contribution in [-0.2, 0) is 9.47 Å². The van der Waals surface area contributed by atoms with Crippen LogP contribution in [-0.4, -0.2) is 19.5 Å². The number of hydrogen-bond acceptors (Lipinski definition) is 2. The van der Waals surface area contributed by atoms with Gasteiger partial charge in [-0.25, -0.2) is 0 Å². The minimum atomic E-state index is 0.122. The van der Waals surface area contributed by atoms with Gasteiger partial charge in [-0.1, -0.05) is 19.8 Å². The summed E-state index contributed by atoms with van der Waals surface area (Å²) in [6.45, 7) is 4.11. The fourth-order valence-electron chi connectivity index (χ4n) is 2.33. The first-order valence-corrected chi connectivity index (χ1v) is 5.11. The van der Waals surface area contributed by atoms with E-state index in [4.69, 9.17) is 9.47 Å². The molecule has 0 spiro atoms. The van der Waals surface area contributed by atoms with E-state index >= 15 is 0 Å². The summed E-state index contributed by atoms with van der Waals surface area (Å²) >= 11 is 0. The summed E-state index contributed by atoms with van der Waals surface area (Å²) in [7, 11) is 0. The molecule has 0 bridgehead atoms. The molecule has 1 aliphatic heterocycles. The van der Waals surface area contributed by atoms with Gasteiger partial charge in [0.1, 0.15) is 0 Å². The van der Waals surface area contributed by atoms with Gasteiger partial charge in [0.2, 0.25) is 0 Å². The zero-order valence-electron chi connectivity index (χ0n) is 7.79. The number of hydrogen-bond donors (Lipinski definition) is 0. The maximum atomic E-state index is 5.61. The predicted octanol–water partition coefficient (Wildman–Crippen LogP) is 2.19. The molecule has 2 heteroatoms. The third kappa shape index (κ3) is 1.64. The second kappa shape index (κ2) is 3.75. The fraction of sp³-hybridized carbons (Fsp3) is 1.00. The molecule has 1 aliphatic carbocycles. The molecule has 2 aliphatic rings. The quantitative estimate of drug-likeness (QED) is 0.600. The second-order valence-corrected chi connectivity index (χ2v) is 4.04. The van der Waals surface area contributed by atoms with Gasteiger partial charge >= 0.3 is 0 Å². The van der Waals surface area contributed by atoms with Crippen molar-refractivity contribution in [3.63, 3.8) is 0 Å². The Morgan fingerprint density at radius 2 is 1.75 bits per heavy atom. The molecule has 2 nitrogen and oxygen atoms in total. The highest BCUT2D eigenvalue weighted by atomic mass is 16.7. The largest absolute Gasteiger partial charge is 0.352 e. The SMILES string of the molecule is CC1CCCC1C1OCCCO1. The molecule has 2 unspecified atom stereocenters. The van der Waals surface area contributed by atoms with Gasteiger partial charge in [0.25, 0.3) is 0 Å². The van der Waals surface area contributed by atoms with Gasteiger partial charge in [0, 0.05) is 5.92 Å². The summed E-state index contributed by atoms with van der Waals surface area (Å²) in [6.07, 6.45) is 5.20. The van der Waals surface area contributed by atoms with E-state index in [-0.39, 0.29) is 6.29 Å². The summed E-state index contributed by atoms with van der Waals surface area (Å²) in [5.74, 6) is 1.47. The minimum absolute atomic E-state index is 0.122. The van der Waals surface area contributed by atoms with Crippen LogP contribution in [0.2, 0.25) is 0 Å². The van der Waals surface area contributed by atoms with Crippen molar-refractivity contribution in [1.82, 2.24) is 0 Å². The van der Waals surface area contributed by atoms with E-state index in [1.165, 1.54) is 19.3 Å². The molecule has 2 rings (SSSR count). The zero-order chi connectivity index (χ0) is 8.39. The maximum absolute atomic E-state index is 5.61. The smallest absolute Gasteiger partial charge is 0.160 e. The molecule has 0 aromatic heterocycles. The Bertz CT molecular complexity index is 141. The van der Waals surface area contributed by atoms with Crippen LogP contribution < -0.4 is 0 Å². The molecular weight excluding hydrogens is 152 g/mol. The van der Waals surface area contributed by atoms with Gasteiger partial charge in [0.05, 0.1) is 13.2 Å². The molecular formula is C10H18O2. The van der Waals surface area contributed by atoms with Gasteiger partial charge in [-0.2, -0.15) is 0 Å². The fourth-order valence-corrected chi connectivity index (χ4v) is 2.33. The van der Waals surface area contributed by atoms with Crippen molar-refractivity contribution in [3.8, 4) is 0 Å². The van der Waals surface area contributed by atoms with Crippen LogP contribution in [0.25, 0.3) is 0 Å². The first-order valence-electron chi connectivity index (χ1n) is 5.11. The van der Waals surface area contributed by atoms with Crippen molar-refractivity contribution in [2.75, 3.05) is 13.2 Å². The summed E-state index contributed by atoms with van der Waals surface area (Å²) in [5, 5.41) is 0. The Labute approximate surface area is 74.2 Å².